The van der Waals surface area contributed by atoms with Gasteiger partial charge in [0.2, 0.25) is 0 Å². The SMILES string of the molecule is Cn1cccc1-c1cc(C(=O)N[C@@H](CN2CCCC2)c2ccccc2)[nH]n1. The molecular weight excluding hydrogens is 338 g/mol. The first-order chi connectivity index (χ1) is 13.2. The molecule has 1 aromatic carbocycles. The summed E-state index contributed by atoms with van der Waals surface area (Å²) in [4.78, 5) is 15.3. The standard InChI is InChI=1S/C21H25N5O/c1-25-11-7-10-20(25)17-14-18(24-23-17)21(27)22-19(15-26-12-5-6-13-26)16-8-3-2-4-9-16/h2-4,7-11,14,19H,5-6,12-13,15H2,1H3,(H,22,27)(H,23,24)/t19-/m0/s1. The lowest BCUT2D eigenvalue weighted by atomic mass is 10.1. The van der Waals surface area contributed by atoms with E-state index < -0.39 is 0 Å². The molecule has 1 saturated heterocycles. The van der Waals surface area contributed by atoms with Crippen molar-refractivity contribution in [2.45, 2.75) is 18.9 Å². The predicted molar refractivity (Wildman–Crippen MR) is 105 cm³/mol. The van der Waals surface area contributed by atoms with Crippen LogP contribution in [-0.4, -0.2) is 45.2 Å². The Labute approximate surface area is 159 Å². The second kappa shape index (κ2) is 7.80. The van der Waals surface area contributed by atoms with E-state index in [0.717, 1.165) is 36.6 Å². The molecule has 1 aliphatic heterocycles. The fourth-order valence-electron chi connectivity index (χ4n) is 3.68. The summed E-state index contributed by atoms with van der Waals surface area (Å²) in [7, 11) is 1.96. The molecule has 2 aromatic heterocycles. The molecule has 6 nitrogen and oxygen atoms in total. The van der Waals surface area contributed by atoms with Crippen molar-refractivity contribution in [3.05, 3.63) is 66.0 Å². The maximum Gasteiger partial charge on any atom is 0.269 e. The molecule has 1 fully saturated rings. The van der Waals surface area contributed by atoms with E-state index in [4.69, 9.17) is 0 Å². The summed E-state index contributed by atoms with van der Waals surface area (Å²) >= 11 is 0. The van der Waals surface area contributed by atoms with E-state index in [1.165, 1.54) is 12.8 Å². The summed E-state index contributed by atoms with van der Waals surface area (Å²) in [5.74, 6) is -0.129. The van der Waals surface area contributed by atoms with Crippen LogP contribution in [0.3, 0.4) is 0 Å². The highest BCUT2D eigenvalue weighted by Gasteiger charge is 2.22. The van der Waals surface area contributed by atoms with Crippen molar-refractivity contribution in [3.8, 4) is 11.4 Å². The van der Waals surface area contributed by atoms with Gasteiger partial charge in [-0.1, -0.05) is 30.3 Å². The molecule has 0 spiro atoms. The number of aromatic nitrogens is 3. The van der Waals surface area contributed by atoms with Crippen LogP contribution in [0.25, 0.3) is 11.4 Å². The number of hydrogen-bond donors (Lipinski definition) is 2. The van der Waals surface area contributed by atoms with Crippen LogP contribution in [0.1, 0.15) is 34.9 Å². The monoisotopic (exact) mass is 363 g/mol. The fourth-order valence-corrected chi connectivity index (χ4v) is 3.68. The minimum Gasteiger partial charge on any atom is -0.349 e. The molecule has 6 heteroatoms. The molecule has 0 radical (unpaired) electrons. The zero-order valence-corrected chi connectivity index (χ0v) is 15.6. The number of H-pyrrole nitrogens is 1. The van der Waals surface area contributed by atoms with E-state index >= 15 is 0 Å². The first kappa shape index (κ1) is 17.5. The molecule has 140 valence electrons. The Morgan fingerprint density at radius 3 is 2.67 bits per heavy atom. The molecule has 1 amide bonds. The number of rotatable bonds is 6. The van der Waals surface area contributed by atoms with Gasteiger partial charge in [-0.05, 0) is 49.7 Å². The molecule has 1 aliphatic rings. The van der Waals surface area contributed by atoms with Crippen LogP contribution in [0.2, 0.25) is 0 Å². The summed E-state index contributed by atoms with van der Waals surface area (Å²) < 4.78 is 1.98. The Kier molecular flexibility index (Phi) is 5.07. The molecule has 0 bridgehead atoms. The van der Waals surface area contributed by atoms with E-state index in [1.54, 1.807) is 0 Å². The molecule has 1 atom stereocenters. The lowest BCUT2D eigenvalue weighted by Crippen LogP contribution is -2.37. The van der Waals surface area contributed by atoms with Gasteiger partial charge >= 0.3 is 0 Å². The summed E-state index contributed by atoms with van der Waals surface area (Å²) in [5, 5.41) is 10.4. The Bertz CT molecular complexity index is 892. The van der Waals surface area contributed by atoms with Crippen molar-refractivity contribution in [3.63, 3.8) is 0 Å². The third kappa shape index (κ3) is 3.95. The predicted octanol–water partition coefficient (Wildman–Crippen LogP) is 2.98. The minimum atomic E-state index is -0.129. The number of aryl methyl sites for hydroxylation is 1. The Morgan fingerprint density at radius 2 is 1.96 bits per heavy atom. The van der Waals surface area contributed by atoms with Gasteiger partial charge < -0.3 is 14.8 Å². The van der Waals surface area contributed by atoms with Gasteiger partial charge in [-0.25, -0.2) is 0 Å². The lowest BCUT2D eigenvalue weighted by Gasteiger charge is -2.24. The smallest absolute Gasteiger partial charge is 0.269 e. The summed E-state index contributed by atoms with van der Waals surface area (Å²) in [6, 6.07) is 15.9. The third-order valence-electron chi connectivity index (χ3n) is 5.18. The van der Waals surface area contributed by atoms with Gasteiger partial charge in [-0.3, -0.25) is 9.89 Å². The lowest BCUT2D eigenvalue weighted by molar-refractivity contribution is 0.0922. The number of amides is 1. The van der Waals surface area contributed by atoms with Crippen molar-refractivity contribution in [2.24, 2.45) is 7.05 Å². The van der Waals surface area contributed by atoms with Crippen molar-refractivity contribution in [2.75, 3.05) is 19.6 Å². The van der Waals surface area contributed by atoms with Crippen LogP contribution in [-0.2, 0) is 7.05 Å². The average molecular weight is 363 g/mol. The molecule has 3 heterocycles. The fraction of sp³-hybridized carbons (Fsp3) is 0.333. The molecule has 2 N–H and O–H groups in total. The van der Waals surface area contributed by atoms with Crippen LogP contribution in [0.5, 0.6) is 0 Å². The first-order valence-corrected chi connectivity index (χ1v) is 9.46. The Balaban J connectivity index is 1.51. The van der Waals surface area contributed by atoms with Crippen LogP contribution in [0.4, 0.5) is 0 Å². The number of likely N-dealkylation sites (tertiary alicyclic amines) is 1. The number of aromatic amines is 1. The molecular formula is C21H25N5O. The topological polar surface area (TPSA) is 66.0 Å². The number of nitrogens with zero attached hydrogens (tertiary/aromatic N) is 3. The van der Waals surface area contributed by atoms with Crippen LogP contribution in [0.15, 0.2) is 54.7 Å². The van der Waals surface area contributed by atoms with E-state index in [2.05, 4.69) is 32.5 Å². The zero-order chi connectivity index (χ0) is 18.6. The number of carbonyl (C=O) groups is 1. The number of benzene rings is 1. The van der Waals surface area contributed by atoms with E-state index in [9.17, 15) is 4.79 Å². The molecule has 0 saturated carbocycles. The highest BCUT2D eigenvalue weighted by molar-refractivity contribution is 5.93. The van der Waals surface area contributed by atoms with Crippen molar-refractivity contribution >= 4 is 5.91 Å². The minimum absolute atomic E-state index is 0.0430. The van der Waals surface area contributed by atoms with E-state index in [0.29, 0.717) is 5.69 Å². The Morgan fingerprint density at radius 1 is 1.19 bits per heavy atom. The van der Waals surface area contributed by atoms with E-state index in [-0.39, 0.29) is 11.9 Å². The zero-order valence-electron chi connectivity index (χ0n) is 15.6. The summed E-state index contributed by atoms with van der Waals surface area (Å²) in [6.07, 6.45) is 4.43. The average Bonchev–Trinajstić information content (AvgIpc) is 3.43. The number of nitrogens with one attached hydrogen (secondary N) is 2. The van der Waals surface area contributed by atoms with Gasteiger partial charge in [0, 0.05) is 19.8 Å². The van der Waals surface area contributed by atoms with Crippen LogP contribution in [0, 0.1) is 0 Å². The van der Waals surface area contributed by atoms with Gasteiger partial charge in [0.25, 0.3) is 5.91 Å². The van der Waals surface area contributed by atoms with Gasteiger partial charge in [0.1, 0.15) is 11.4 Å². The maximum atomic E-state index is 12.9. The quantitative estimate of drug-likeness (QED) is 0.708. The third-order valence-corrected chi connectivity index (χ3v) is 5.18. The van der Waals surface area contributed by atoms with Gasteiger partial charge in [0.05, 0.1) is 11.7 Å². The summed E-state index contributed by atoms with van der Waals surface area (Å²) in [5.41, 5.74) is 3.35. The van der Waals surface area contributed by atoms with Crippen LogP contribution < -0.4 is 5.32 Å². The number of carbonyl (C=O) groups excluding carboxylic acids is 1. The molecule has 3 aromatic rings. The molecule has 27 heavy (non-hydrogen) atoms. The van der Waals surface area contributed by atoms with Gasteiger partial charge in [-0.2, -0.15) is 5.10 Å². The highest BCUT2D eigenvalue weighted by atomic mass is 16.2. The second-order valence-electron chi connectivity index (χ2n) is 7.12. The van der Waals surface area contributed by atoms with Crippen molar-refractivity contribution in [1.29, 1.82) is 0 Å². The molecule has 0 unspecified atom stereocenters. The van der Waals surface area contributed by atoms with E-state index in [1.807, 2.05) is 54.2 Å². The van der Waals surface area contributed by atoms with Crippen molar-refractivity contribution < 1.29 is 4.79 Å². The van der Waals surface area contributed by atoms with Crippen molar-refractivity contribution in [1.82, 2.24) is 25.0 Å². The maximum absolute atomic E-state index is 12.9. The first-order valence-electron chi connectivity index (χ1n) is 9.46. The van der Waals surface area contributed by atoms with Gasteiger partial charge in [-0.15, -0.1) is 0 Å². The highest BCUT2D eigenvalue weighted by Crippen LogP contribution is 2.20. The molecule has 4 rings (SSSR count). The molecule has 0 aliphatic carbocycles. The Hall–Kier alpha value is -2.86. The summed E-state index contributed by atoms with van der Waals surface area (Å²) in [6.45, 7) is 3.02. The second-order valence-corrected chi connectivity index (χ2v) is 7.12. The largest absolute Gasteiger partial charge is 0.349 e. The number of hydrogen-bond acceptors (Lipinski definition) is 3. The van der Waals surface area contributed by atoms with Crippen LogP contribution >= 0.6 is 0 Å². The normalized spacial score (nSPS) is 15.7. The van der Waals surface area contributed by atoms with Gasteiger partial charge in [0.15, 0.2) is 0 Å².